The van der Waals surface area contributed by atoms with Crippen LogP contribution in [0.15, 0.2) is 0 Å². The Labute approximate surface area is 61.0 Å². The maximum atomic E-state index is 2.20. The zero-order valence-corrected chi connectivity index (χ0v) is 6.98. The van der Waals surface area contributed by atoms with E-state index in [0.717, 1.165) is 0 Å². The average molecular weight is 136 g/mol. The molecule has 0 unspecified atom stereocenters. The van der Waals surface area contributed by atoms with Crippen molar-refractivity contribution >= 4 is 0 Å². The number of hydrogen-bond acceptors (Lipinski definition) is 0. The molecule has 0 radical (unpaired) electrons. The summed E-state index contributed by atoms with van der Waals surface area (Å²) in [6.45, 7) is 3.49. The van der Waals surface area contributed by atoms with Crippen molar-refractivity contribution in [2.24, 2.45) is 0 Å². The first-order chi connectivity index (χ1) is 2.77. The van der Waals surface area contributed by atoms with E-state index in [4.69, 9.17) is 0 Å². The minimum absolute atomic E-state index is 0. The molecule has 0 aromatic heterocycles. The first-order valence-corrected chi connectivity index (χ1v) is 2.56. The van der Waals surface area contributed by atoms with Crippen LogP contribution < -0.4 is 4.90 Å². The predicted molar refractivity (Wildman–Crippen MR) is 28.0 cm³/mol. The Kier molecular flexibility index (Phi) is 10.1. The van der Waals surface area contributed by atoms with Gasteiger partial charge in [0, 0.05) is 0 Å². The van der Waals surface area contributed by atoms with Crippen molar-refractivity contribution in [1.29, 1.82) is 0 Å². The summed E-state index contributed by atoms with van der Waals surface area (Å²) >= 11 is 0. The van der Waals surface area contributed by atoms with Crippen LogP contribution in [-0.2, 0) is 21.7 Å². The second-order valence-electron chi connectivity index (χ2n) is 1.96. The van der Waals surface area contributed by atoms with Crippen LogP contribution in [0.1, 0.15) is 13.3 Å². The zero-order valence-electron chi connectivity index (χ0n) is 5.41. The van der Waals surface area contributed by atoms with Crippen LogP contribution >= 0.6 is 0 Å². The Balaban J connectivity index is 0. The van der Waals surface area contributed by atoms with Crippen molar-refractivity contribution in [3.05, 3.63) is 0 Å². The van der Waals surface area contributed by atoms with Gasteiger partial charge in [-0.3, -0.25) is 0 Å². The molecule has 0 aliphatic heterocycles. The second-order valence-corrected chi connectivity index (χ2v) is 1.96. The van der Waals surface area contributed by atoms with E-state index in [2.05, 4.69) is 21.0 Å². The van der Waals surface area contributed by atoms with Crippen LogP contribution in [0.2, 0.25) is 0 Å². The van der Waals surface area contributed by atoms with E-state index in [1.165, 1.54) is 17.9 Å². The largest absolute Gasteiger partial charge is 4.00 e. The number of quaternary nitrogens is 1. The van der Waals surface area contributed by atoms with Gasteiger partial charge in [0.2, 0.25) is 0 Å². The van der Waals surface area contributed by atoms with Crippen LogP contribution in [0.4, 0.5) is 0 Å². The maximum Gasteiger partial charge on any atom is 4.00 e. The van der Waals surface area contributed by atoms with E-state index in [0.29, 0.717) is 0 Å². The molecule has 0 aromatic rings. The van der Waals surface area contributed by atoms with Gasteiger partial charge < -0.3 is 4.90 Å². The van der Waals surface area contributed by atoms with Gasteiger partial charge in [-0.25, -0.2) is 0 Å². The van der Waals surface area contributed by atoms with Crippen molar-refractivity contribution in [3.63, 3.8) is 0 Å². The third kappa shape index (κ3) is 10.8. The van der Waals surface area contributed by atoms with Gasteiger partial charge in [0.25, 0.3) is 0 Å². The molecular formula is C5H14NTi+5. The summed E-state index contributed by atoms with van der Waals surface area (Å²) in [6, 6.07) is 0. The molecule has 0 bridgehead atoms. The molecule has 0 aliphatic rings. The Bertz CT molecular complexity index is 29.3. The molecule has 0 atom stereocenters. The van der Waals surface area contributed by atoms with Gasteiger partial charge >= 0.3 is 21.7 Å². The first-order valence-electron chi connectivity index (χ1n) is 2.56. The summed E-state index contributed by atoms with van der Waals surface area (Å²) in [5.41, 5.74) is 0. The molecular weight excluding hydrogens is 122 g/mol. The Morgan fingerprint density at radius 2 is 1.71 bits per heavy atom. The van der Waals surface area contributed by atoms with E-state index in [-0.39, 0.29) is 21.7 Å². The Morgan fingerprint density at radius 1 is 1.29 bits per heavy atom. The molecule has 0 spiro atoms. The van der Waals surface area contributed by atoms with Gasteiger partial charge in [0.1, 0.15) is 0 Å². The van der Waals surface area contributed by atoms with Gasteiger partial charge in [0.05, 0.1) is 20.6 Å². The molecule has 0 heterocycles. The average Bonchev–Trinajstić information content (AvgIpc) is 1.35. The molecule has 0 aromatic carbocycles. The third-order valence-electron chi connectivity index (χ3n) is 0.750. The van der Waals surface area contributed by atoms with Crippen LogP contribution in [0.25, 0.3) is 0 Å². The minimum Gasteiger partial charge on any atom is -0.340 e. The predicted octanol–water partition coefficient (Wildman–Crippen LogP) is -0.462. The molecule has 2 heteroatoms. The summed E-state index contributed by atoms with van der Waals surface area (Å²) in [6.07, 6.45) is 1.29. The molecule has 0 rings (SSSR count). The van der Waals surface area contributed by atoms with Gasteiger partial charge in [-0.1, -0.05) is 6.92 Å². The van der Waals surface area contributed by atoms with Crippen LogP contribution in [0.5, 0.6) is 0 Å². The maximum absolute atomic E-state index is 2.20. The summed E-state index contributed by atoms with van der Waals surface area (Å²) in [5.74, 6) is 0. The fourth-order valence-corrected chi connectivity index (χ4v) is 0.500. The minimum atomic E-state index is 0. The fourth-order valence-electron chi connectivity index (χ4n) is 0.500. The van der Waals surface area contributed by atoms with Crippen LogP contribution in [0, 0.1) is 0 Å². The van der Waals surface area contributed by atoms with Crippen molar-refractivity contribution in [3.8, 4) is 0 Å². The third-order valence-corrected chi connectivity index (χ3v) is 0.750. The van der Waals surface area contributed by atoms with Gasteiger partial charge in [-0.2, -0.15) is 0 Å². The first kappa shape index (κ1) is 10.6. The van der Waals surface area contributed by atoms with E-state index in [1.807, 2.05) is 0 Å². The van der Waals surface area contributed by atoms with E-state index in [9.17, 15) is 0 Å². The molecule has 0 fully saturated rings. The van der Waals surface area contributed by atoms with Crippen molar-refractivity contribution in [1.82, 2.24) is 0 Å². The van der Waals surface area contributed by atoms with Crippen molar-refractivity contribution in [2.45, 2.75) is 13.3 Å². The van der Waals surface area contributed by atoms with E-state index in [1.54, 1.807) is 0 Å². The molecule has 38 valence electrons. The summed E-state index contributed by atoms with van der Waals surface area (Å²) < 4.78 is 0. The van der Waals surface area contributed by atoms with Crippen LogP contribution in [0.3, 0.4) is 0 Å². The monoisotopic (exact) mass is 136 g/mol. The van der Waals surface area contributed by atoms with E-state index >= 15 is 0 Å². The number of hydrogen-bond donors (Lipinski definition) is 1. The normalized spacial score (nSPS) is 8.57. The SMILES string of the molecule is CCC[NH+](C)C.[Ti+4]. The molecule has 7 heavy (non-hydrogen) atoms. The fraction of sp³-hybridized carbons (Fsp3) is 1.00. The Hall–Kier alpha value is 0.674. The molecule has 0 aliphatic carbocycles. The van der Waals surface area contributed by atoms with Crippen molar-refractivity contribution < 1.29 is 26.6 Å². The summed E-state index contributed by atoms with van der Waals surface area (Å²) in [7, 11) is 4.34. The number of nitrogens with one attached hydrogen (secondary N) is 1. The van der Waals surface area contributed by atoms with Gasteiger partial charge in [0.15, 0.2) is 0 Å². The molecule has 0 saturated heterocycles. The number of rotatable bonds is 2. The van der Waals surface area contributed by atoms with Gasteiger partial charge in [-0.15, -0.1) is 0 Å². The summed E-state index contributed by atoms with van der Waals surface area (Å²) in [5, 5.41) is 0. The second kappa shape index (κ2) is 6.67. The standard InChI is InChI=1S/C5H13N.Ti/c1-4-5-6(2)3;/h4-5H2,1-3H3;/q;+4/p+1. The quantitative estimate of drug-likeness (QED) is 0.490. The van der Waals surface area contributed by atoms with E-state index < -0.39 is 0 Å². The zero-order chi connectivity index (χ0) is 4.99. The summed E-state index contributed by atoms with van der Waals surface area (Å²) in [4.78, 5) is 1.54. The molecule has 1 nitrogen and oxygen atoms in total. The Morgan fingerprint density at radius 3 is 1.71 bits per heavy atom. The smallest absolute Gasteiger partial charge is 0.340 e. The molecule has 0 amide bonds. The van der Waals surface area contributed by atoms with Crippen LogP contribution in [-0.4, -0.2) is 20.6 Å². The molecule has 1 N–H and O–H groups in total. The topological polar surface area (TPSA) is 4.44 Å². The van der Waals surface area contributed by atoms with Gasteiger partial charge in [-0.05, 0) is 6.42 Å². The molecule has 0 saturated carbocycles. The van der Waals surface area contributed by atoms with Crippen molar-refractivity contribution in [2.75, 3.05) is 20.6 Å².